The van der Waals surface area contributed by atoms with Gasteiger partial charge in [-0.3, -0.25) is 4.57 Å². The van der Waals surface area contributed by atoms with Crippen molar-refractivity contribution in [3.8, 4) is 17.1 Å². The van der Waals surface area contributed by atoms with E-state index in [1.54, 1.807) is 11.8 Å². The predicted octanol–water partition coefficient (Wildman–Crippen LogP) is 6.06. The Labute approximate surface area is 183 Å². The fourth-order valence-corrected chi connectivity index (χ4v) is 4.23. The lowest BCUT2D eigenvalue weighted by Crippen LogP contribution is -2.00. The maximum absolute atomic E-state index is 6.11. The highest BCUT2D eigenvalue weighted by molar-refractivity contribution is 7.98. The van der Waals surface area contributed by atoms with Gasteiger partial charge >= 0.3 is 0 Å². The van der Waals surface area contributed by atoms with Crippen LogP contribution in [0.2, 0.25) is 5.02 Å². The van der Waals surface area contributed by atoms with Crippen molar-refractivity contribution < 1.29 is 0 Å². The normalized spacial score (nSPS) is 11.3. The second-order valence-corrected chi connectivity index (χ2v) is 8.35. The van der Waals surface area contributed by atoms with Gasteiger partial charge in [0.1, 0.15) is 5.82 Å². The summed E-state index contributed by atoms with van der Waals surface area (Å²) in [5.41, 5.74) is 5.18. The molecule has 2 aromatic heterocycles. The van der Waals surface area contributed by atoms with E-state index in [0.29, 0.717) is 10.8 Å². The Morgan fingerprint density at radius 3 is 2.47 bits per heavy atom. The number of fused-ring (bicyclic) bond motifs is 1. The number of hydrogen-bond acceptors (Lipinski definition) is 4. The first-order valence-electron chi connectivity index (χ1n) is 9.52. The molecule has 0 radical (unpaired) electrons. The molecule has 5 rings (SSSR count). The second kappa shape index (κ2) is 7.97. The van der Waals surface area contributed by atoms with Crippen LogP contribution in [0.3, 0.4) is 0 Å². The lowest BCUT2D eigenvalue weighted by Gasteiger charge is -2.10. The van der Waals surface area contributed by atoms with E-state index in [0.717, 1.165) is 39.1 Å². The molecule has 0 amide bonds. The molecule has 5 nitrogen and oxygen atoms in total. The summed E-state index contributed by atoms with van der Waals surface area (Å²) in [5, 5.41) is 10.5. The Kier molecular flexibility index (Phi) is 5.02. The highest BCUT2D eigenvalue weighted by Crippen LogP contribution is 2.30. The molecule has 0 fully saturated rings. The smallest absolute Gasteiger partial charge is 0.196 e. The molecule has 0 aliphatic heterocycles. The van der Waals surface area contributed by atoms with Crippen LogP contribution in [0.4, 0.5) is 0 Å². The first-order valence-corrected chi connectivity index (χ1v) is 10.9. The zero-order valence-corrected chi connectivity index (χ0v) is 17.8. The first-order chi connectivity index (χ1) is 14.7. The van der Waals surface area contributed by atoms with Gasteiger partial charge in [0.05, 0.1) is 16.8 Å². The third-order valence-electron chi connectivity index (χ3n) is 4.80. The molecule has 148 valence electrons. The SMILES string of the molecule is Cc1ccc(-c2nnc(SCc3nc4ccccc4[nH]3)n2-c2ccc(Cl)cc2)cc1. The van der Waals surface area contributed by atoms with E-state index in [-0.39, 0.29) is 0 Å². The highest BCUT2D eigenvalue weighted by atomic mass is 35.5. The van der Waals surface area contributed by atoms with Crippen LogP contribution in [0.25, 0.3) is 28.1 Å². The molecule has 30 heavy (non-hydrogen) atoms. The summed E-state index contributed by atoms with van der Waals surface area (Å²) in [6.45, 7) is 2.07. The summed E-state index contributed by atoms with van der Waals surface area (Å²) in [6.07, 6.45) is 0. The molecule has 0 unspecified atom stereocenters. The van der Waals surface area contributed by atoms with E-state index in [1.165, 1.54) is 5.56 Å². The number of aryl methyl sites for hydroxylation is 1. The Morgan fingerprint density at radius 2 is 1.70 bits per heavy atom. The Hall–Kier alpha value is -3.09. The van der Waals surface area contributed by atoms with Gasteiger partial charge in [-0.1, -0.05) is 65.3 Å². The van der Waals surface area contributed by atoms with Gasteiger partial charge in [-0.15, -0.1) is 10.2 Å². The van der Waals surface area contributed by atoms with Crippen LogP contribution in [0.1, 0.15) is 11.4 Å². The number of benzene rings is 3. The van der Waals surface area contributed by atoms with Gasteiger partial charge in [0.2, 0.25) is 0 Å². The average Bonchev–Trinajstić information content (AvgIpc) is 3.37. The first kappa shape index (κ1) is 18.9. The number of thioether (sulfide) groups is 1. The minimum atomic E-state index is 0.661. The molecule has 0 aliphatic rings. The van der Waals surface area contributed by atoms with E-state index in [9.17, 15) is 0 Å². The van der Waals surface area contributed by atoms with Crippen molar-refractivity contribution in [2.45, 2.75) is 17.8 Å². The molecule has 0 bridgehead atoms. The van der Waals surface area contributed by atoms with Crippen molar-refractivity contribution in [1.29, 1.82) is 0 Å². The van der Waals surface area contributed by atoms with E-state index >= 15 is 0 Å². The van der Waals surface area contributed by atoms with Crippen LogP contribution in [0.5, 0.6) is 0 Å². The van der Waals surface area contributed by atoms with Crippen molar-refractivity contribution in [1.82, 2.24) is 24.7 Å². The second-order valence-electron chi connectivity index (χ2n) is 6.97. The number of aromatic amines is 1. The third-order valence-corrected chi connectivity index (χ3v) is 6.00. The molecule has 0 saturated carbocycles. The number of nitrogens with zero attached hydrogens (tertiary/aromatic N) is 4. The van der Waals surface area contributed by atoms with Crippen LogP contribution in [0, 0.1) is 6.92 Å². The number of aromatic nitrogens is 5. The number of imidazole rings is 1. The molecular formula is C23H18ClN5S. The summed E-state index contributed by atoms with van der Waals surface area (Å²) in [6, 6.07) is 24.0. The van der Waals surface area contributed by atoms with Gasteiger partial charge < -0.3 is 4.98 Å². The van der Waals surface area contributed by atoms with E-state index in [4.69, 9.17) is 11.6 Å². The number of H-pyrrole nitrogens is 1. The maximum Gasteiger partial charge on any atom is 0.196 e. The Bertz CT molecular complexity index is 1270. The lowest BCUT2D eigenvalue weighted by atomic mass is 10.1. The van der Waals surface area contributed by atoms with Crippen molar-refractivity contribution in [2.24, 2.45) is 0 Å². The van der Waals surface area contributed by atoms with E-state index in [1.807, 2.05) is 48.5 Å². The van der Waals surface area contributed by atoms with Gasteiger partial charge in [-0.25, -0.2) is 4.98 Å². The molecule has 0 atom stereocenters. The fraction of sp³-hybridized carbons (Fsp3) is 0.0870. The van der Waals surface area contributed by atoms with Crippen LogP contribution < -0.4 is 0 Å². The van der Waals surface area contributed by atoms with Crippen LogP contribution >= 0.6 is 23.4 Å². The zero-order valence-electron chi connectivity index (χ0n) is 16.2. The Balaban J connectivity index is 1.52. The number of halogens is 1. The van der Waals surface area contributed by atoms with Crippen molar-refractivity contribution in [2.75, 3.05) is 0 Å². The largest absolute Gasteiger partial charge is 0.341 e. The van der Waals surface area contributed by atoms with Crippen LogP contribution in [-0.4, -0.2) is 24.7 Å². The number of hydrogen-bond donors (Lipinski definition) is 1. The minimum absolute atomic E-state index is 0.661. The average molecular weight is 432 g/mol. The zero-order chi connectivity index (χ0) is 20.5. The number of para-hydroxylation sites is 2. The quantitative estimate of drug-likeness (QED) is 0.343. The van der Waals surface area contributed by atoms with Crippen LogP contribution in [0.15, 0.2) is 78.0 Å². The lowest BCUT2D eigenvalue weighted by molar-refractivity contribution is 0.884. The van der Waals surface area contributed by atoms with Gasteiger partial charge in [0, 0.05) is 16.3 Å². The maximum atomic E-state index is 6.11. The molecule has 5 aromatic rings. The van der Waals surface area contributed by atoms with Crippen molar-refractivity contribution >= 4 is 34.4 Å². The topological polar surface area (TPSA) is 59.4 Å². The van der Waals surface area contributed by atoms with Crippen molar-refractivity contribution in [3.05, 3.63) is 89.2 Å². The summed E-state index contributed by atoms with van der Waals surface area (Å²) in [4.78, 5) is 8.04. The van der Waals surface area contributed by atoms with E-state index in [2.05, 4.69) is 55.9 Å². The number of rotatable bonds is 5. The summed E-state index contributed by atoms with van der Waals surface area (Å²) < 4.78 is 2.06. The summed E-state index contributed by atoms with van der Waals surface area (Å²) in [7, 11) is 0. The van der Waals surface area contributed by atoms with E-state index < -0.39 is 0 Å². The Morgan fingerprint density at radius 1 is 0.933 bits per heavy atom. The van der Waals surface area contributed by atoms with Gasteiger partial charge in [0.25, 0.3) is 0 Å². The molecule has 2 heterocycles. The number of nitrogens with one attached hydrogen (secondary N) is 1. The minimum Gasteiger partial charge on any atom is -0.341 e. The molecular weight excluding hydrogens is 414 g/mol. The molecule has 3 aromatic carbocycles. The highest BCUT2D eigenvalue weighted by Gasteiger charge is 2.17. The van der Waals surface area contributed by atoms with Crippen molar-refractivity contribution in [3.63, 3.8) is 0 Å². The van der Waals surface area contributed by atoms with Gasteiger partial charge in [-0.05, 0) is 43.3 Å². The summed E-state index contributed by atoms with van der Waals surface area (Å²) >= 11 is 7.70. The fourth-order valence-electron chi connectivity index (χ4n) is 3.28. The standard InChI is InChI=1S/C23H18ClN5S/c1-15-6-8-16(9-7-15)22-27-28-23(29(22)18-12-10-17(24)11-13-18)30-14-21-25-19-4-2-3-5-20(19)26-21/h2-13H,14H2,1H3,(H,25,26). The molecule has 1 N–H and O–H groups in total. The van der Waals surface area contributed by atoms with Crippen LogP contribution in [-0.2, 0) is 5.75 Å². The molecule has 0 saturated heterocycles. The monoisotopic (exact) mass is 431 g/mol. The molecule has 0 spiro atoms. The third kappa shape index (κ3) is 3.72. The molecule has 7 heteroatoms. The van der Waals surface area contributed by atoms with Gasteiger partial charge in [-0.2, -0.15) is 0 Å². The summed E-state index contributed by atoms with van der Waals surface area (Å²) in [5.74, 6) is 2.36. The molecule has 0 aliphatic carbocycles. The van der Waals surface area contributed by atoms with Gasteiger partial charge in [0.15, 0.2) is 11.0 Å². The predicted molar refractivity (Wildman–Crippen MR) is 122 cm³/mol.